The molecule has 2 rings (SSSR count). The van der Waals surface area contributed by atoms with Crippen LogP contribution in [0.4, 0.5) is 16.3 Å². The van der Waals surface area contributed by atoms with Crippen molar-refractivity contribution in [2.45, 2.75) is 40.7 Å². The first-order valence-electron chi connectivity index (χ1n) is 9.48. The van der Waals surface area contributed by atoms with Crippen molar-refractivity contribution in [1.82, 2.24) is 10.3 Å². The number of rotatable bonds is 6. The third kappa shape index (κ3) is 5.87. The van der Waals surface area contributed by atoms with Gasteiger partial charge >= 0.3 is 6.03 Å². The zero-order valence-corrected chi connectivity index (χ0v) is 18.0. The monoisotopic (exact) mass is 384 g/mol. The van der Waals surface area contributed by atoms with Crippen molar-refractivity contribution in [2.75, 3.05) is 30.9 Å². The van der Waals surface area contributed by atoms with E-state index in [2.05, 4.69) is 36.4 Å². The van der Waals surface area contributed by atoms with Gasteiger partial charge in [0.15, 0.2) is 0 Å². The Morgan fingerprint density at radius 1 is 1.18 bits per heavy atom. The SMILES string of the molecule is Cc1cccc(C)c1OCC(NC(=O)Nc1ccnc(N(C)C)c1)C(C)(C)C. The molecule has 1 atom stereocenters. The molecule has 2 N–H and O–H groups in total. The molecule has 0 aliphatic rings. The summed E-state index contributed by atoms with van der Waals surface area (Å²) in [4.78, 5) is 18.7. The number of aromatic nitrogens is 1. The first-order chi connectivity index (χ1) is 13.1. The van der Waals surface area contributed by atoms with Crippen molar-refractivity contribution in [2.24, 2.45) is 5.41 Å². The largest absolute Gasteiger partial charge is 0.491 e. The molecule has 152 valence electrons. The van der Waals surface area contributed by atoms with Crippen LogP contribution in [-0.2, 0) is 0 Å². The number of nitrogens with one attached hydrogen (secondary N) is 2. The molecule has 1 aromatic heterocycles. The topological polar surface area (TPSA) is 66.5 Å². The van der Waals surface area contributed by atoms with E-state index in [1.807, 2.05) is 57.1 Å². The molecule has 28 heavy (non-hydrogen) atoms. The highest BCUT2D eigenvalue weighted by Crippen LogP contribution is 2.25. The smallest absolute Gasteiger partial charge is 0.319 e. The van der Waals surface area contributed by atoms with E-state index in [1.54, 1.807) is 12.3 Å². The van der Waals surface area contributed by atoms with Crippen LogP contribution in [0.15, 0.2) is 36.5 Å². The maximum absolute atomic E-state index is 12.6. The van der Waals surface area contributed by atoms with E-state index in [0.29, 0.717) is 12.3 Å². The Hall–Kier alpha value is -2.76. The number of nitrogens with zero attached hydrogens (tertiary/aromatic N) is 2. The van der Waals surface area contributed by atoms with Crippen LogP contribution in [0.5, 0.6) is 5.75 Å². The van der Waals surface area contributed by atoms with Crippen molar-refractivity contribution >= 4 is 17.5 Å². The van der Waals surface area contributed by atoms with E-state index in [9.17, 15) is 4.79 Å². The Balaban J connectivity index is 2.06. The van der Waals surface area contributed by atoms with E-state index < -0.39 is 0 Å². The van der Waals surface area contributed by atoms with Crippen LogP contribution in [0.1, 0.15) is 31.9 Å². The molecule has 1 aromatic carbocycles. The number of urea groups is 1. The fourth-order valence-corrected chi connectivity index (χ4v) is 2.77. The summed E-state index contributed by atoms with van der Waals surface area (Å²) >= 11 is 0. The Kier molecular flexibility index (Phi) is 6.89. The van der Waals surface area contributed by atoms with E-state index in [-0.39, 0.29) is 17.5 Å². The highest BCUT2D eigenvalue weighted by molar-refractivity contribution is 5.89. The molecular formula is C22H32N4O2. The minimum Gasteiger partial charge on any atom is -0.491 e. The summed E-state index contributed by atoms with van der Waals surface area (Å²) in [7, 11) is 3.82. The molecule has 0 spiro atoms. The average Bonchev–Trinajstić information content (AvgIpc) is 2.59. The summed E-state index contributed by atoms with van der Waals surface area (Å²) in [6, 6.07) is 9.25. The van der Waals surface area contributed by atoms with Gasteiger partial charge < -0.3 is 20.3 Å². The van der Waals surface area contributed by atoms with Crippen molar-refractivity contribution in [1.29, 1.82) is 0 Å². The van der Waals surface area contributed by atoms with E-state index in [4.69, 9.17) is 4.74 Å². The maximum atomic E-state index is 12.6. The highest BCUT2D eigenvalue weighted by atomic mass is 16.5. The second-order valence-corrected chi connectivity index (χ2v) is 8.35. The normalized spacial score (nSPS) is 12.2. The molecule has 1 heterocycles. The fourth-order valence-electron chi connectivity index (χ4n) is 2.77. The Bertz CT molecular complexity index is 792. The lowest BCUT2D eigenvalue weighted by Crippen LogP contribution is -2.49. The van der Waals surface area contributed by atoms with Crippen LogP contribution < -0.4 is 20.3 Å². The molecule has 1 unspecified atom stereocenters. The molecule has 6 nitrogen and oxygen atoms in total. The van der Waals surface area contributed by atoms with Gasteiger partial charge in [-0.2, -0.15) is 0 Å². The summed E-state index contributed by atoms with van der Waals surface area (Å²) in [5, 5.41) is 5.94. The predicted molar refractivity (Wildman–Crippen MR) is 115 cm³/mol. The van der Waals surface area contributed by atoms with Crippen LogP contribution in [-0.4, -0.2) is 37.8 Å². The summed E-state index contributed by atoms with van der Waals surface area (Å²) in [6.07, 6.45) is 1.68. The first-order valence-corrected chi connectivity index (χ1v) is 9.48. The summed E-state index contributed by atoms with van der Waals surface area (Å²) in [5.74, 6) is 1.66. The lowest BCUT2D eigenvalue weighted by molar-refractivity contribution is 0.174. The number of pyridine rings is 1. The van der Waals surface area contributed by atoms with Gasteiger partial charge in [-0.1, -0.05) is 39.0 Å². The maximum Gasteiger partial charge on any atom is 0.319 e. The zero-order valence-electron chi connectivity index (χ0n) is 18.0. The Labute approximate surface area is 168 Å². The molecule has 0 aliphatic carbocycles. The van der Waals surface area contributed by atoms with Crippen molar-refractivity contribution in [3.05, 3.63) is 47.7 Å². The number of aryl methyl sites for hydroxylation is 2. The minimum atomic E-state index is -0.263. The molecule has 2 aromatic rings. The average molecular weight is 385 g/mol. The van der Waals surface area contributed by atoms with Crippen LogP contribution in [0.3, 0.4) is 0 Å². The fraction of sp³-hybridized carbons (Fsp3) is 0.455. The number of ether oxygens (including phenoxy) is 1. The molecule has 2 amide bonds. The van der Waals surface area contributed by atoms with Crippen LogP contribution in [0.2, 0.25) is 0 Å². The van der Waals surface area contributed by atoms with Gasteiger partial charge in [-0.25, -0.2) is 9.78 Å². The van der Waals surface area contributed by atoms with Gasteiger partial charge in [0.25, 0.3) is 0 Å². The summed E-state index contributed by atoms with van der Waals surface area (Å²) in [6.45, 7) is 10.7. The van der Waals surface area contributed by atoms with Crippen molar-refractivity contribution in [3.63, 3.8) is 0 Å². The van der Waals surface area contributed by atoms with Crippen molar-refractivity contribution in [3.8, 4) is 5.75 Å². The Morgan fingerprint density at radius 3 is 2.39 bits per heavy atom. The van der Waals surface area contributed by atoms with Gasteiger partial charge in [-0.05, 0) is 36.5 Å². The number of carbonyl (C=O) groups excluding carboxylic acids is 1. The van der Waals surface area contributed by atoms with Gasteiger partial charge in [0, 0.05) is 32.0 Å². The Morgan fingerprint density at radius 2 is 1.82 bits per heavy atom. The lowest BCUT2D eigenvalue weighted by atomic mass is 9.87. The number of anilines is 2. The van der Waals surface area contributed by atoms with E-state index in [1.165, 1.54) is 0 Å². The standard InChI is InChI=1S/C22H32N4O2/c1-15-9-8-10-16(2)20(15)28-14-18(22(3,4)5)25-21(27)24-17-11-12-23-19(13-17)26(6)7/h8-13,18H,14H2,1-7H3,(H2,23,24,25,27). The van der Waals surface area contributed by atoms with E-state index in [0.717, 1.165) is 22.7 Å². The lowest BCUT2D eigenvalue weighted by Gasteiger charge is -2.31. The highest BCUT2D eigenvalue weighted by Gasteiger charge is 2.27. The van der Waals surface area contributed by atoms with Gasteiger partial charge in [-0.15, -0.1) is 0 Å². The summed E-state index contributed by atoms with van der Waals surface area (Å²) < 4.78 is 6.10. The van der Waals surface area contributed by atoms with Gasteiger partial charge in [0.1, 0.15) is 18.2 Å². The molecule has 0 radical (unpaired) electrons. The predicted octanol–water partition coefficient (Wildman–Crippen LogP) is 4.38. The van der Waals surface area contributed by atoms with Crippen LogP contribution >= 0.6 is 0 Å². The summed E-state index contributed by atoms with van der Waals surface area (Å²) in [5.41, 5.74) is 2.70. The number of carbonyl (C=O) groups is 1. The molecular weight excluding hydrogens is 352 g/mol. The second-order valence-electron chi connectivity index (χ2n) is 8.35. The zero-order chi connectivity index (χ0) is 20.9. The number of benzene rings is 1. The third-order valence-electron chi connectivity index (χ3n) is 4.62. The van der Waals surface area contributed by atoms with Gasteiger partial charge in [-0.3, -0.25) is 0 Å². The van der Waals surface area contributed by atoms with Gasteiger partial charge in [0.2, 0.25) is 0 Å². The molecule has 0 fully saturated rings. The number of hydrogen-bond acceptors (Lipinski definition) is 4. The first kappa shape index (κ1) is 21.5. The van der Waals surface area contributed by atoms with Crippen LogP contribution in [0, 0.1) is 19.3 Å². The molecule has 0 saturated heterocycles. The molecule has 6 heteroatoms. The molecule has 0 bridgehead atoms. The third-order valence-corrected chi connectivity index (χ3v) is 4.62. The minimum absolute atomic E-state index is 0.165. The number of para-hydroxylation sites is 1. The number of amides is 2. The van der Waals surface area contributed by atoms with Gasteiger partial charge in [0.05, 0.1) is 6.04 Å². The van der Waals surface area contributed by atoms with Crippen LogP contribution in [0.25, 0.3) is 0 Å². The van der Waals surface area contributed by atoms with Crippen molar-refractivity contribution < 1.29 is 9.53 Å². The quantitative estimate of drug-likeness (QED) is 0.776. The van der Waals surface area contributed by atoms with E-state index >= 15 is 0 Å². The molecule has 0 aliphatic heterocycles. The number of hydrogen-bond donors (Lipinski definition) is 2. The second kappa shape index (κ2) is 8.95. The molecule has 0 saturated carbocycles.